The molecule has 0 bridgehead atoms. The van der Waals surface area contributed by atoms with E-state index in [1.165, 1.54) is 0 Å². The second-order valence-corrected chi connectivity index (χ2v) is 4.49. The number of carboxylic acids is 1. The van der Waals surface area contributed by atoms with Gasteiger partial charge in [-0.2, -0.15) is 0 Å². The molecule has 1 saturated heterocycles. The number of hydrogen-bond donors (Lipinski definition) is 1. The SMILES string of the molecule is Cc1ccc(C(=O)N2CC[C@@H](C(=O)O)C2)n1C. The van der Waals surface area contributed by atoms with Gasteiger partial charge in [-0.1, -0.05) is 0 Å². The van der Waals surface area contributed by atoms with Gasteiger partial charge in [-0.05, 0) is 25.5 Å². The van der Waals surface area contributed by atoms with Gasteiger partial charge in [0.05, 0.1) is 5.92 Å². The molecule has 1 amide bonds. The summed E-state index contributed by atoms with van der Waals surface area (Å²) < 4.78 is 1.83. The molecule has 2 rings (SSSR count). The van der Waals surface area contributed by atoms with Gasteiger partial charge in [0.15, 0.2) is 0 Å². The van der Waals surface area contributed by atoms with Crippen molar-refractivity contribution in [2.75, 3.05) is 13.1 Å². The predicted octanol–water partition coefficient (Wildman–Crippen LogP) is 0.880. The van der Waals surface area contributed by atoms with Crippen LogP contribution in [0, 0.1) is 12.8 Å². The summed E-state index contributed by atoms with van der Waals surface area (Å²) in [5.41, 5.74) is 1.64. The van der Waals surface area contributed by atoms with E-state index in [2.05, 4.69) is 0 Å². The molecule has 0 unspecified atom stereocenters. The Labute approximate surface area is 99.6 Å². The lowest BCUT2D eigenvalue weighted by Crippen LogP contribution is -2.31. The predicted molar refractivity (Wildman–Crippen MR) is 61.8 cm³/mol. The van der Waals surface area contributed by atoms with E-state index < -0.39 is 11.9 Å². The van der Waals surface area contributed by atoms with E-state index in [9.17, 15) is 9.59 Å². The van der Waals surface area contributed by atoms with E-state index in [0.29, 0.717) is 25.2 Å². The number of amides is 1. The summed E-state index contributed by atoms with van der Waals surface area (Å²) in [4.78, 5) is 24.6. The summed E-state index contributed by atoms with van der Waals surface area (Å²) in [6.45, 7) is 2.78. The third kappa shape index (κ3) is 2.05. The lowest BCUT2D eigenvalue weighted by atomic mass is 10.1. The maximum absolute atomic E-state index is 12.2. The number of rotatable bonds is 2. The standard InChI is InChI=1S/C12H16N2O3/c1-8-3-4-10(13(8)2)11(15)14-6-5-9(7-14)12(16)17/h3-4,9H,5-7H2,1-2H3,(H,16,17)/t9-/m1/s1. The minimum Gasteiger partial charge on any atom is -0.481 e. The van der Waals surface area contributed by atoms with Crippen molar-refractivity contribution in [3.05, 3.63) is 23.5 Å². The van der Waals surface area contributed by atoms with Crippen LogP contribution in [0.2, 0.25) is 0 Å². The molecule has 1 atom stereocenters. The van der Waals surface area contributed by atoms with Gasteiger partial charge in [0, 0.05) is 25.8 Å². The zero-order valence-corrected chi connectivity index (χ0v) is 10.0. The monoisotopic (exact) mass is 236 g/mol. The number of nitrogens with zero attached hydrogens (tertiary/aromatic N) is 2. The van der Waals surface area contributed by atoms with E-state index in [1.807, 2.05) is 24.6 Å². The van der Waals surface area contributed by atoms with Gasteiger partial charge in [-0.25, -0.2) is 0 Å². The van der Waals surface area contributed by atoms with Crippen molar-refractivity contribution in [1.82, 2.24) is 9.47 Å². The lowest BCUT2D eigenvalue weighted by Gasteiger charge is -2.16. The molecular weight excluding hydrogens is 220 g/mol. The van der Waals surface area contributed by atoms with Crippen molar-refractivity contribution in [1.29, 1.82) is 0 Å². The van der Waals surface area contributed by atoms with Crippen LogP contribution < -0.4 is 0 Å². The molecule has 92 valence electrons. The molecule has 1 N–H and O–H groups in total. The number of hydrogen-bond acceptors (Lipinski definition) is 2. The summed E-state index contributed by atoms with van der Waals surface area (Å²) >= 11 is 0. The van der Waals surface area contributed by atoms with Gasteiger partial charge >= 0.3 is 5.97 Å². The van der Waals surface area contributed by atoms with Crippen LogP contribution >= 0.6 is 0 Å². The lowest BCUT2D eigenvalue weighted by molar-refractivity contribution is -0.141. The Hall–Kier alpha value is -1.78. The Bertz CT molecular complexity index is 464. The quantitative estimate of drug-likeness (QED) is 0.829. The number of aromatic nitrogens is 1. The van der Waals surface area contributed by atoms with Crippen molar-refractivity contribution in [3.8, 4) is 0 Å². The van der Waals surface area contributed by atoms with Gasteiger partial charge in [0.25, 0.3) is 5.91 Å². The fraction of sp³-hybridized carbons (Fsp3) is 0.500. The molecule has 0 spiro atoms. The fourth-order valence-electron chi connectivity index (χ4n) is 2.14. The number of aryl methyl sites for hydroxylation is 1. The summed E-state index contributed by atoms with van der Waals surface area (Å²) in [5, 5.41) is 8.90. The Morgan fingerprint density at radius 3 is 2.59 bits per heavy atom. The number of aliphatic carboxylic acids is 1. The molecule has 0 aliphatic carbocycles. The third-order valence-electron chi connectivity index (χ3n) is 3.42. The van der Waals surface area contributed by atoms with Crippen molar-refractivity contribution >= 4 is 11.9 Å². The molecule has 1 aliphatic rings. The highest BCUT2D eigenvalue weighted by molar-refractivity contribution is 5.93. The maximum atomic E-state index is 12.2. The first-order valence-electron chi connectivity index (χ1n) is 5.65. The molecule has 1 aromatic rings. The van der Waals surface area contributed by atoms with Gasteiger partial charge < -0.3 is 14.6 Å². The van der Waals surface area contributed by atoms with Crippen LogP contribution in [0.3, 0.4) is 0 Å². The van der Waals surface area contributed by atoms with Crippen molar-refractivity contribution in [2.45, 2.75) is 13.3 Å². The van der Waals surface area contributed by atoms with E-state index in [-0.39, 0.29) is 5.91 Å². The molecule has 17 heavy (non-hydrogen) atoms. The second-order valence-electron chi connectivity index (χ2n) is 4.49. The molecule has 2 heterocycles. The van der Waals surface area contributed by atoms with Crippen LogP contribution in [0.4, 0.5) is 0 Å². The molecular formula is C12H16N2O3. The van der Waals surface area contributed by atoms with Crippen LogP contribution in [0.15, 0.2) is 12.1 Å². The highest BCUT2D eigenvalue weighted by Crippen LogP contribution is 2.19. The second kappa shape index (κ2) is 4.24. The molecule has 0 saturated carbocycles. The highest BCUT2D eigenvalue weighted by Gasteiger charge is 2.32. The zero-order chi connectivity index (χ0) is 12.6. The zero-order valence-electron chi connectivity index (χ0n) is 10.0. The van der Waals surface area contributed by atoms with Crippen LogP contribution in [0.25, 0.3) is 0 Å². The Balaban J connectivity index is 2.12. The minimum absolute atomic E-state index is 0.0793. The first kappa shape index (κ1) is 11.7. The molecule has 0 aromatic carbocycles. The molecule has 1 aliphatic heterocycles. The highest BCUT2D eigenvalue weighted by atomic mass is 16.4. The normalized spacial score (nSPS) is 19.6. The summed E-state index contributed by atoms with van der Waals surface area (Å²) in [5.74, 6) is -1.31. The van der Waals surface area contributed by atoms with Gasteiger partial charge in [0.2, 0.25) is 0 Å². The minimum atomic E-state index is -0.816. The molecule has 1 aromatic heterocycles. The molecule has 5 heteroatoms. The summed E-state index contributed by atoms with van der Waals surface area (Å²) in [6, 6.07) is 3.67. The average Bonchev–Trinajstić information content (AvgIpc) is 2.87. The summed E-state index contributed by atoms with van der Waals surface area (Å²) in [7, 11) is 1.84. The largest absolute Gasteiger partial charge is 0.481 e. The first-order chi connectivity index (χ1) is 8.00. The summed E-state index contributed by atoms with van der Waals surface area (Å²) in [6.07, 6.45) is 0.546. The van der Waals surface area contributed by atoms with E-state index in [4.69, 9.17) is 5.11 Å². The number of carboxylic acid groups (broad SMARTS) is 1. The average molecular weight is 236 g/mol. The van der Waals surface area contributed by atoms with Crippen LogP contribution in [0.5, 0.6) is 0 Å². The van der Waals surface area contributed by atoms with Crippen molar-refractivity contribution < 1.29 is 14.7 Å². The number of likely N-dealkylation sites (tertiary alicyclic amines) is 1. The van der Waals surface area contributed by atoms with Crippen LogP contribution in [-0.4, -0.2) is 39.5 Å². The smallest absolute Gasteiger partial charge is 0.308 e. The van der Waals surface area contributed by atoms with Crippen molar-refractivity contribution in [3.63, 3.8) is 0 Å². The molecule has 1 fully saturated rings. The van der Waals surface area contributed by atoms with E-state index in [0.717, 1.165) is 5.69 Å². The fourth-order valence-corrected chi connectivity index (χ4v) is 2.14. The first-order valence-corrected chi connectivity index (χ1v) is 5.65. The van der Waals surface area contributed by atoms with Gasteiger partial charge in [-0.15, -0.1) is 0 Å². The van der Waals surface area contributed by atoms with E-state index in [1.54, 1.807) is 11.0 Å². The number of carbonyl (C=O) groups is 2. The molecule has 5 nitrogen and oxygen atoms in total. The molecule has 0 radical (unpaired) electrons. The maximum Gasteiger partial charge on any atom is 0.308 e. The Kier molecular flexibility index (Phi) is 2.92. The van der Waals surface area contributed by atoms with Crippen LogP contribution in [-0.2, 0) is 11.8 Å². The Morgan fingerprint density at radius 1 is 1.41 bits per heavy atom. The third-order valence-corrected chi connectivity index (χ3v) is 3.42. The van der Waals surface area contributed by atoms with Crippen molar-refractivity contribution in [2.24, 2.45) is 13.0 Å². The van der Waals surface area contributed by atoms with Gasteiger partial charge in [0.1, 0.15) is 5.69 Å². The Morgan fingerprint density at radius 2 is 2.12 bits per heavy atom. The van der Waals surface area contributed by atoms with E-state index >= 15 is 0 Å². The van der Waals surface area contributed by atoms with Gasteiger partial charge in [-0.3, -0.25) is 9.59 Å². The topological polar surface area (TPSA) is 62.5 Å². The number of carbonyl (C=O) groups excluding carboxylic acids is 1. The van der Waals surface area contributed by atoms with Crippen LogP contribution in [0.1, 0.15) is 22.6 Å².